The molecule has 0 atom stereocenters. The lowest BCUT2D eigenvalue weighted by atomic mass is 10.1. The van der Waals surface area contributed by atoms with Crippen LogP contribution >= 0.6 is 0 Å². The molecule has 31 heavy (non-hydrogen) atoms. The number of para-hydroxylation sites is 1. The fourth-order valence-corrected chi connectivity index (χ4v) is 3.65. The highest BCUT2D eigenvalue weighted by Crippen LogP contribution is 2.11. The topological polar surface area (TPSA) is 66.1 Å². The van der Waals surface area contributed by atoms with Crippen LogP contribution in [-0.2, 0) is 24.2 Å². The number of nitrogens with one attached hydrogen (secondary N) is 1. The van der Waals surface area contributed by atoms with Crippen LogP contribution in [0, 0.1) is 0 Å². The molecule has 1 amide bonds. The Morgan fingerprint density at radius 3 is 2.13 bits per heavy atom. The summed E-state index contributed by atoms with van der Waals surface area (Å²) in [6.45, 7) is 0.842. The normalized spacial score (nSPS) is 10.8. The molecule has 0 bridgehead atoms. The third-order valence-electron chi connectivity index (χ3n) is 5.34. The van der Waals surface area contributed by atoms with Gasteiger partial charge in [-0.25, -0.2) is 4.98 Å². The van der Waals surface area contributed by atoms with Crippen LogP contribution in [0.3, 0.4) is 0 Å². The molecule has 0 spiro atoms. The summed E-state index contributed by atoms with van der Waals surface area (Å²) in [5.74, 6) is 0.556. The van der Waals surface area contributed by atoms with Gasteiger partial charge in [-0.3, -0.25) is 9.59 Å². The number of amides is 1. The predicted molar refractivity (Wildman–Crippen MR) is 123 cm³/mol. The van der Waals surface area contributed by atoms with Crippen LogP contribution in [0.15, 0.2) is 89.7 Å². The molecule has 0 aliphatic rings. The van der Waals surface area contributed by atoms with Crippen molar-refractivity contribution in [3.8, 4) is 0 Å². The number of aryl methyl sites for hydroxylation is 1. The lowest BCUT2D eigenvalue weighted by Gasteiger charge is -2.22. The van der Waals surface area contributed by atoms with Gasteiger partial charge in [0, 0.05) is 13.0 Å². The van der Waals surface area contributed by atoms with E-state index in [1.807, 2.05) is 66.7 Å². The summed E-state index contributed by atoms with van der Waals surface area (Å²) >= 11 is 0. The number of hydrogen-bond acceptors (Lipinski definition) is 3. The van der Waals surface area contributed by atoms with E-state index in [0.717, 1.165) is 12.0 Å². The molecule has 0 radical (unpaired) electrons. The number of aromatic amines is 1. The lowest BCUT2D eigenvalue weighted by Crippen LogP contribution is -2.34. The summed E-state index contributed by atoms with van der Waals surface area (Å²) in [6, 6.07) is 27.3. The van der Waals surface area contributed by atoms with E-state index in [0.29, 0.717) is 36.1 Å². The summed E-state index contributed by atoms with van der Waals surface area (Å²) in [5.41, 5.74) is 2.76. The van der Waals surface area contributed by atoms with E-state index in [9.17, 15) is 9.59 Å². The molecule has 0 saturated carbocycles. The lowest BCUT2D eigenvalue weighted by molar-refractivity contribution is -0.131. The third-order valence-corrected chi connectivity index (χ3v) is 5.34. The zero-order chi connectivity index (χ0) is 21.5. The van der Waals surface area contributed by atoms with E-state index in [-0.39, 0.29) is 18.0 Å². The van der Waals surface area contributed by atoms with Gasteiger partial charge in [-0.15, -0.1) is 0 Å². The molecule has 0 aliphatic heterocycles. The van der Waals surface area contributed by atoms with Crippen molar-refractivity contribution in [2.24, 2.45) is 0 Å². The van der Waals surface area contributed by atoms with E-state index < -0.39 is 0 Å². The van der Waals surface area contributed by atoms with Crippen molar-refractivity contribution < 1.29 is 4.79 Å². The van der Waals surface area contributed by atoms with E-state index in [4.69, 9.17) is 0 Å². The summed E-state index contributed by atoms with van der Waals surface area (Å²) in [6.07, 6.45) is 1.84. The second-order valence-corrected chi connectivity index (χ2v) is 7.57. The van der Waals surface area contributed by atoms with Gasteiger partial charge in [0.1, 0.15) is 5.82 Å². The Bertz CT molecular complexity index is 1200. The van der Waals surface area contributed by atoms with Crippen molar-refractivity contribution in [1.82, 2.24) is 14.9 Å². The Morgan fingerprint density at radius 1 is 0.806 bits per heavy atom. The summed E-state index contributed by atoms with van der Waals surface area (Å²) in [4.78, 5) is 34.8. The van der Waals surface area contributed by atoms with Crippen molar-refractivity contribution in [2.45, 2.75) is 25.8 Å². The Morgan fingerprint density at radius 2 is 1.42 bits per heavy atom. The zero-order valence-electron chi connectivity index (χ0n) is 17.3. The molecule has 5 heteroatoms. The average Bonchev–Trinajstić information content (AvgIpc) is 2.81. The minimum absolute atomic E-state index is 0.0515. The first-order valence-electron chi connectivity index (χ1n) is 10.5. The first-order valence-corrected chi connectivity index (χ1v) is 10.5. The number of rotatable bonds is 8. The molecule has 1 N–H and O–H groups in total. The van der Waals surface area contributed by atoms with Crippen molar-refractivity contribution in [3.05, 3.63) is 112 Å². The summed E-state index contributed by atoms with van der Waals surface area (Å²) < 4.78 is 0. The highest BCUT2D eigenvalue weighted by atomic mass is 16.2. The SMILES string of the molecule is O=C(CCc1ccccc1)N(CCc1ccccc1)Cc1nc2ccccc2c(=O)[nH]1. The molecule has 1 heterocycles. The maximum atomic E-state index is 13.1. The second kappa shape index (κ2) is 9.85. The molecule has 0 aliphatic carbocycles. The number of nitrogens with zero attached hydrogens (tertiary/aromatic N) is 2. The van der Waals surface area contributed by atoms with Crippen molar-refractivity contribution >= 4 is 16.8 Å². The highest BCUT2D eigenvalue weighted by Gasteiger charge is 2.16. The molecule has 1 aromatic heterocycles. The van der Waals surface area contributed by atoms with Crippen LogP contribution in [0.25, 0.3) is 10.9 Å². The number of carbonyl (C=O) groups excluding carboxylic acids is 1. The highest BCUT2D eigenvalue weighted by molar-refractivity contribution is 5.78. The Hall–Kier alpha value is -3.73. The number of carbonyl (C=O) groups is 1. The number of H-pyrrole nitrogens is 1. The maximum Gasteiger partial charge on any atom is 0.258 e. The molecule has 4 aromatic rings. The minimum atomic E-state index is -0.180. The summed E-state index contributed by atoms with van der Waals surface area (Å²) in [7, 11) is 0. The average molecular weight is 412 g/mol. The fourth-order valence-electron chi connectivity index (χ4n) is 3.65. The molecule has 156 valence electrons. The molecule has 4 rings (SSSR count). The van der Waals surface area contributed by atoms with Gasteiger partial charge in [0.15, 0.2) is 0 Å². The van der Waals surface area contributed by atoms with E-state index in [2.05, 4.69) is 22.1 Å². The number of fused-ring (bicyclic) bond motifs is 1. The third kappa shape index (κ3) is 5.45. The number of aromatic nitrogens is 2. The molecular formula is C26H25N3O2. The van der Waals surface area contributed by atoms with E-state index in [1.165, 1.54) is 5.56 Å². The maximum absolute atomic E-state index is 13.1. The number of hydrogen-bond donors (Lipinski definition) is 1. The summed E-state index contributed by atoms with van der Waals surface area (Å²) in [5, 5.41) is 0.553. The van der Waals surface area contributed by atoms with E-state index >= 15 is 0 Å². The molecule has 0 fully saturated rings. The fraction of sp³-hybridized carbons (Fsp3) is 0.192. The monoisotopic (exact) mass is 411 g/mol. The van der Waals surface area contributed by atoms with Crippen LogP contribution in [0.1, 0.15) is 23.4 Å². The molecular weight excluding hydrogens is 386 g/mol. The standard InChI is InChI=1S/C26H25N3O2/c30-25(16-15-20-9-3-1-4-10-20)29(18-17-21-11-5-2-6-12-21)19-24-27-23-14-8-7-13-22(23)26(31)28-24/h1-14H,15-19H2,(H,27,28,31). The smallest absolute Gasteiger partial charge is 0.258 e. The van der Waals surface area contributed by atoms with Crippen molar-refractivity contribution in [3.63, 3.8) is 0 Å². The second-order valence-electron chi connectivity index (χ2n) is 7.57. The van der Waals surface area contributed by atoms with Gasteiger partial charge in [-0.2, -0.15) is 0 Å². The predicted octanol–water partition coefficient (Wildman–Crippen LogP) is 4.13. The molecule has 5 nitrogen and oxygen atoms in total. The quantitative estimate of drug-likeness (QED) is 0.474. The molecule has 0 saturated heterocycles. The largest absolute Gasteiger partial charge is 0.335 e. The Balaban J connectivity index is 1.52. The van der Waals surface area contributed by atoms with Crippen LogP contribution in [0.2, 0.25) is 0 Å². The van der Waals surface area contributed by atoms with Gasteiger partial charge in [-0.1, -0.05) is 72.8 Å². The molecule has 3 aromatic carbocycles. The van der Waals surface area contributed by atoms with Crippen LogP contribution < -0.4 is 5.56 Å². The first-order chi connectivity index (χ1) is 15.2. The van der Waals surface area contributed by atoms with Gasteiger partial charge in [0.2, 0.25) is 5.91 Å². The van der Waals surface area contributed by atoms with Crippen LogP contribution in [-0.4, -0.2) is 27.3 Å². The Kier molecular flexibility index (Phi) is 6.53. The zero-order valence-corrected chi connectivity index (χ0v) is 17.3. The van der Waals surface area contributed by atoms with Gasteiger partial charge in [0.05, 0.1) is 17.4 Å². The number of benzene rings is 3. The van der Waals surface area contributed by atoms with Gasteiger partial charge >= 0.3 is 0 Å². The van der Waals surface area contributed by atoms with E-state index in [1.54, 1.807) is 11.0 Å². The molecule has 0 unspecified atom stereocenters. The van der Waals surface area contributed by atoms with Crippen LogP contribution in [0.4, 0.5) is 0 Å². The minimum Gasteiger partial charge on any atom is -0.335 e. The van der Waals surface area contributed by atoms with Gasteiger partial charge in [0.25, 0.3) is 5.56 Å². The van der Waals surface area contributed by atoms with Crippen LogP contribution in [0.5, 0.6) is 0 Å². The van der Waals surface area contributed by atoms with Crippen molar-refractivity contribution in [2.75, 3.05) is 6.54 Å². The Labute approximate surface area is 181 Å². The van der Waals surface area contributed by atoms with Crippen molar-refractivity contribution in [1.29, 1.82) is 0 Å². The van der Waals surface area contributed by atoms with Gasteiger partial charge in [-0.05, 0) is 36.1 Å². The van der Waals surface area contributed by atoms with Gasteiger partial charge < -0.3 is 9.88 Å². The first kappa shape index (κ1) is 20.5.